The van der Waals surface area contributed by atoms with Crippen LogP contribution in [0.2, 0.25) is 0 Å². The van der Waals surface area contributed by atoms with E-state index >= 15 is 0 Å². The number of rotatable bonds is 1. The summed E-state index contributed by atoms with van der Waals surface area (Å²) in [6.07, 6.45) is 0.222. The van der Waals surface area contributed by atoms with Crippen LogP contribution < -0.4 is 0 Å². The summed E-state index contributed by atoms with van der Waals surface area (Å²) in [6, 6.07) is 0. The van der Waals surface area contributed by atoms with Gasteiger partial charge in [0.1, 0.15) is 0 Å². The number of carboxylic acids is 1. The van der Waals surface area contributed by atoms with Gasteiger partial charge in [0.25, 0.3) is 0 Å². The van der Waals surface area contributed by atoms with Crippen molar-refractivity contribution in [1.82, 2.24) is 0 Å². The summed E-state index contributed by atoms with van der Waals surface area (Å²) in [5, 5.41) is 7.72. The van der Waals surface area contributed by atoms with Crippen LogP contribution in [-0.2, 0) is 4.79 Å². The second-order valence-electron chi connectivity index (χ2n) is 0.747. The van der Waals surface area contributed by atoms with E-state index in [1.165, 1.54) is 0 Å². The number of aliphatic carboxylic acids is 1. The maximum absolute atomic E-state index is 9.37. The van der Waals surface area contributed by atoms with Crippen LogP contribution in [0.15, 0.2) is 0 Å². The van der Waals surface area contributed by atoms with Gasteiger partial charge in [-0.3, -0.25) is 4.79 Å². The number of carboxylic acid groups (broad SMARTS) is 1. The predicted molar refractivity (Wildman–Crippen MR) is 46.5 cm³/mol. The molecule has 0 saturated carbocycles. The van der Waals surface area contributed by atoms with Crippen molar-refractivity contribution in [2.75, 3.05) is 0 Å². The molecule has 2 nitrogen and oxygen atoms in total. The fourth-order valence-corrected chi connectivity index (χ4v) is 0. The van der Waals surface area contributed by atoms with Crippen molar-refractivity contribution in [3.05, 3.63) is 0 Å². The van der Waals surface area contributed by atoms with Crippen LogP contribution in [0.5, 0.6) is 0 Å². The first-order valence-electron chi connectivity index (χ1n) is 1.49. The van der Waals surface area contributed by atoms with Gasteiger partial charge >= 0.3 is 124 Å². The summed E-state index contributed by atoms with van der Waals surface area (Å²) >= 11 is 0. The van der Waals surface area contributed by atoms with E-state index in [9.17, 15) is 4.79 Å². The average molecular weight is 170 g/mol. The Kier molecular flexibility index (Phi) is 73.6. The van der Waals surface area contributed by atoms with Crippen molar-refractivity contribution in [2.45, 2.75) is 13.3 Å². The molecule has 6 heteroatoms. The standard InChI is InChI=1S/C3H6O2.4Na.4H/c1-2-3(4)5;;;;;;;;/h2H2,1H3,(H,4,5);;;;;;;;. The van der Waals surface area contributed by atoms with Crippen LogP contribution in [0.4, 0.5) is 0 Å². The first kappa shape index (κ1) is 29.4. The second kappa shape index (κ2) is 22.5. The van der Waals surface area contributed by atoms with E-state index in [0.717, 1.165) is 0 Å². The molecule has 0 spiro atoms. The fraction of sp³-hybridized carbons (Fsp3) is 0.667. The number of hydrogen-bond acceptors (Lipinski definition) is 1. The van der Waals surface area contributed by atoms with E-state index in [-0.39, 0.29) is 125 Å². The zero-order valence-electron chi connectivity index (χ0n) is 3.06. The Labute approximate surface area is 144 Å². The predicted octanol–water partition coefficient (Wildman–Crippen LogP) is -2.11. The second-order valence-corrected chi connectivity index (χ2v) is 0.747. The first-order chi connectivity index (χ1) is 2.27. The van der Waals surface area contributed by atoms with Gasteiger partial charge in [0, 0.05) is 6.42 Å². The molecule has 38 valence electrons. The van der Waals surface area contributed by atoms with E-state index in [4.69, 9.17) is 5.11 Å². The molecule has 0 amide bonds. The molecule has 0 aliphatic heterocycles. The van der Waals surface area contributed by atoms with Gasteiger partial charge in [0.15, 0.2) is 0 Å². The van der Waals surface area contributed by atoms with E-state index in [0.29, 0.717) is 0 Å². The molecule has 0 aromatic carbocycles. The molecular formula is C3H10Na4O2. The fourth-order valence-electron chi connectivity index (χ4n) is 0. The number of hydrogen-bond donors (Lipinski definition) is 1. The number of carbonyl (C=O) groups is 1. The van der Waals surface area contributed by atoms with E-state index < -0.39 is 5.97 Å². The van der Waals surface area contributed by atoms with Gasteiger partial charge in [0.2, 0.25) is 0 Å². The van der Waals surface area contributed by atoms with Gasteiger partial charge in [-0.15, -0.1) is 0 Å². The first-order valence-corrected chi connectivity index (χ1v) is 1.49. The summed E-state index contributed by atoms with van der Waals surface area (Å²) in [4.78, 5) is 9.37. The van der Waals surface area contributed by atoms with Crippen LogP contribution in [0.3, 0.4) is 0 Å². The molecule has 0 aromatic rings. The molecule has 0 fully saturated rings. The van der Waals surface area contributed by atoms with Crippen molar-refractivity contribution in [3.8, 4) is 0 Å². The Bertz CT molecular complexity index is 49.1. The van der Waals surface area contributed by atoms with Crippen molar-refractivity contribution in [3.63, 3.8) is 0 Å². The van der Waals surface area contributed by atoms with Crippen molar-refractivity contribution in [1.29, 1.82) is 0 Å². The van der Waals surface area contributed by atoms with Gasteiger partial charge < -0.3 is 5.11 Å². The Morgan fingerprint density at radius 3 is 1.33 bits per heavy atom. The molecule has 0 aromatic heterocycles. The van der Waals surface area contributed by atoms with Gasteiger partial charge in [-0.05, 0) is 0 Å². The van der Waals surface area contributed by atoms with Crippen LogP contribution in [0.25, 0.3) is 0 Å². The van der Waals surface area contributed by atoms with Gasteiger partial charge in [-0.2, -0.15) is 0 Å². The average Bonchev–Trinajstić information content (AvgIpc) is 1.38. The van der Waals surface area contributed by atoms with Gasteiger partial charge in [-0.1, -0.05) is 6.92 Å². The third-order valence-corrected chi connectivity index (χ3v) is 0.302. The Morgan fingerprint density at radius 1 is 1.22 bits per heavy atom. The van der Waals surface area contributed by atoms with Crippen LogP contribution in [-0.4, -0.2) is 129 Å². The summed E-state index contributed by atoms with van der Waals surface area (Å²) in [7, 11) is 0. The Balaban J connectivity index is -0.0000000133. The Hall–Kier alpha value is 3.47. The normalized spacial score (nSPS) is 4.11. The SMILES string of the molecule is CCC(=O)O.[NaH].[NaH].[NaH].[NaH]. The quantitative estimate of drug-likeness (QED) is 0.457. The van der Waals surface area contributed by atoms with Crippen LogP contribution in [0, 0.1) is 0 Å². The summed E-state index contributed by atoms with van der Waals surface area (Å²) in [5.74, 6) is -0.745. The molecule has 1 N–H and O–H groups in total. The molecule has 0 heterocycles. The van der Waals surface area contributed by atoms with Crippen molar-refractivity contribution in [2.24, 2.45) is 0 Å². The van der Waals surface area contributed by atoms with Crippen LogP contribution in [0.1, 0.15) is 13.3 Å². The molecule has 0 rings (SSSR count). The third kappa shape index (κ3) is 34.4. The molecule has 0 aliphatic carbocycles. The zero-order chi connectivity index (χ0) is 4.28. The monoisotopic (exact) mass is 170 g/mol. The summed E-state index contributed by atoms with van der Waals surface area (Å²) in [6.45, 7) is 1.60. The van der Waals surface area contributed by atoms with Gasteiger partial charge in [-0.25, -0.2) is 0 Å². The Morgan fingerprint density at radius 2 is 1.33 bits per heavy atom. The molecule has 0 unspecified atom stereocenters. The molecule has 0 atom stereocenters. The van der Waals surface area contributed by atoms with E-state index in [1.54, 1.807) is 6.92 Å². The summed E-state index contributed by atoms with van der Waals surface area (Å²) < 4.78 is 0. The van der Waals surface area contributed by atoms with Gasteiger partial charge in [0.05, 0.1) is 0 Å². The third-order valence-electron chi connectivity index (χ3n) is 0.302. The van der Waals surface area contributed by atoms with E-state index in [1.807, 2.05) is 0 Å². The minimum atomic E-state index is -0.745. The van der Waals surface area contributed by atoms with E-state index in [2.05, 4.69) is 0 Å². The molecule has 0 bridgehead atoms. The van der Waals surface area contributed by atoms with Crippen molar-refractivity contribution >= 4 is 124 Å². The topological polar surface area (TPSA) is 37.3 Å². The molecule has 0 saturated heterocycles. The molecular weight excluding hydrogens is 160 g/mol. The molecule has 0 aliphatic rings. The minimum absolute atomic E-state index is 0. The zero-order valence-corrected chi connectivity index (χ0v) is 3.06. The maximum atomic E-state index is 9.37. The molecule has 0 radical (unpaired) electrons. The molecule has 9 heavy (non-hydrogen) atoms. The van der Waals surface area contributed by atoms with Crippen molar-refractivity contribution < 1.29 is 9.90 Å². The summed E-state index contributed by atoms with van der Waals surface area (Å²) in [5.41, 5.74) is 0. The van der Waals surface area contributed by atoms with Crippen LogP contribution >= 0.6 is 0 Å².